The summed E-state index contributed by atoms with van der Waals surface area (Å²) >= 11 is 0. The maximum Gasteiger partial charge on any atom is 0.344 e. The standard InChI is InChI=1S/C21H25NO4/c1-14-11-15(2)20(16(3)12-14)25-13-19(23)26-17(4)21(24)22(5)18-9-7-6-8-10-18/h6-12,17H,13H2,1-5H3/t17-/m1/s1. The van der Waals surface area contributed by atoms with Gasteiger partial charge in [-0.05, 0) is 51.0 Å². The summed E-state index contributed by atoms with van der Waals surface area (Å²) in [6.07, 6.45) is -0.892. The maximum atomic E-state index is 12.4. The summed E-state index contributed by atoms with van der Waals surface area (Å²) in [5.74, 6) is -0.202. The molecule has 0 bridgehead atoms. The van der Waals surface area contributed by atoms with Crippen molar-refractivity contribution >= 4 is 17.6 Å². The van der Waals surface area contributed by atoms with E-state index in [4.69, 9.17) is 9.47 Å². The maximum absolute atomic E-state index is 12.4. The number of amides is 1. The molecule has 0 saturated carbocycles. The van der Waals surface area contributed by atoms with Gasteiger partial charge in [-0.15, -0.1) is 0 Å². The Kier molecular flexibility index (Phi) is 6.39. The molecule has 0 aliphatic heterocycles. The van der Waals surface area contributed by atoms with Crippen LogP contribution in [-0.4, -0.2) is 31.6 Å². The van der Waals surface area contributed by atoms with Crippen LogP contribution >= 0.6 is 0 Å². The number of hydrogen-bond acceptors (Lipinski definition) is 4. The number of carbonyl (C=O) groups excluding carboxylic acids is 2. The minimum atomic E-state index is -0.892. The second-order valence-corrected chi connectivity index (χ2v) is 6.38. The van der Waals surface area contributed by atoms with Crippen molar-refractivity contribution in [3.8, 4) is 5.75 Å². The number of ether oxygens (including phenoxy) is 2. The van der Waals surface area contributed by atoms with Crippen molar-refractivity contribution in [1.82, 2.24) is 0 Å². The molecule has 0 spiro atoms. The zero-order valence-electron chi connectivity index (χ0n) is 15.9. The number of rotatable bonds is 6. The van der Waals surface area contributed by atoms with Gasteiger partial charge >= 0.3 is 5.97 Å². The van der Waals surface area contributed by atoms with Gasteiger partial charge in [0.05, 0.1) is 0 Å². The molecule has 0 unspecified atom stereocenters. The van der Waals surface area contributed by atoms with E-state index in [0.717, 1.165) is 22.4 Å². The number of esters is 1. The highest BCUT2D eigenvalue weighted by atomic mass is 16.6. The van der Waals surface area contributed by atoms with Crippen LogP contribution in [0.1, 0.15) is 23.6 Å². The van der Waals surface area contributed by atoms with Crippen LogP contribution < -0.4 is 9.64 Å². The fraction of sp³-hybridized carbons (Fsp3) is 0.333. The molecule has 0 aliphatic carbocycles. The highest BCUT2D eigenvalue weighted by molar-refractivity contribution is 5.96. The fourth-order valence-corrected chi connectivity index (χ4v) is 2.86. The summed E-state index contributed by atoms with van der Waals surface area (Å²) in [5.41, 5.74) is 3.80. The third kappa shape index (κ3) is 4.85. The Morgan fingerprint density at radius 1 is 1.04 bits per heavy atom. The Morgan fingerprint density at radius 3 is 2.19 bits per heavy atom. The molecular formula is C21H25NO4. The zero-order valence-corrected chi connectivity index (χ0v) is 15.9. The van der Waals surface area contributed by atoms with Crippen LogP contribution in [0.25, 0.3) is 0 Å². The second-order valence-electron chi connectivity index (χ2n) is 6.38. The lowest BCUT2D eigenvalue weighted by molar-refractivity contribution is -0.155. The quantitative estimate of drug-likeness (QED) is 0.743. The first-order chi connectivity index (χ1) is 12.3. The van der Waals surface area contributed by atoms with Gasteiger partial charge in [-0.1, -0.05) is 35.9 Å². The van der Waals surface area contributed by atoms with E-state index >= 15 is 0 Å². The third-order valence-corrected chi connectivity index (χ3v) is 4.07. The summed E-state index contributed by atoms with van der Waals surface area (Å²) in [4.78, 5) is 25.9. The molecule has 1 atom stereocenters. The SMILES string of the molecule is Cc1cc(C)c(OCC(=O)O[C@H](C)C(=O)N(C)c2ccccc2)c(C)c1. The Labute approximate surface area is 154 Å². The van der Waals surface area contributed by atoms with Crippen LogP contribution in [0, 0.1) is 20.8 Å². The number of para-hydroxylation sites is 1. The molecule has 138 valence electrons. The summed E-state index contributed by atoms with van der Waals surface area (Å²) in [6, 6.07) is 13.2. The Morgan fingerprint density at radius 2 is 1.62 bits per heavy atom. The summed E-state index contributed by atoms with van der Waals surface area (Å²) in [5, 5.41) is 0. The smallest absolute Gasteiger partial charge is 0.344 e. The van der Waals surface area contributed by atoms with Gasteiger partial charge in [-0.25, -0.2) is 4.79 Å². The first-order valence-electron chi connectivity index (χ1n) is 8.52. The van der Waals surface area contributed by atoms with Crippen LogP contribution in [0.5, 0.6) is 5.75 Å². The van der Waals surface area contributed by atoms with Crippen molar-refractivity contribution < 1.29 is 19.1 Å². The highest BCUT2D eigenvalue weighted by Crippen LogP contribution is 2.24. The molecule has 0 heterocycles. The van der Waals surface area contributed by atoms with Crippen LogP contribution in [-0.2, 0) is 14.3 Å². The zero-order chi connectivity index (χ0) is 19.3. The van der Waals surface area contributed by atoms with E-state index in [-0.39, 0.29) is 12.5 Å². The molecule has 0 aliphatic rings. The number of likely N-dealkylation sites (N-methyl/N-ethyl adjacent to an activating group) is 1. The van der Waals surface area contributed by atoms with Crippen LogP contribution in [0.3, 0.4) is 0 Å². The Bertz CT molecular complexity index is 763. The molecule has 26 heavy (non-hydrogen) atoms. The molecule has 5 heteroatoms. The van der Waals surface area contributed by atoms with E-state index in [1.807, 2.05) is 63.2 Å². The van der Waals surface area contributed by atoms with Crippen LogP contribution in [0.4, 0.5) is 5.69 Å². The minimum Gasteiger partial charge on any atom is -0.481 e. The fourth-order valence-electron chi connectivity index (χ4n) is 2.86. The molecule has 2 aromatic carbocycles. The molecule has 0 saturated heterocycles. The van der Waals surface area contributed by atoms with Crippen LogP contribution in [0.15, 0.2) is 42.5 Å². The van der Waals surface area contributed by atoms with Crippen molar-refractivity contribution in [2.24, 2.45) is 0 Å². The Balaban J connectivity index is 1.92. The largest absolute Gasteiger partial charge is 0.481 e. The van der Waals surface area contributed by atoms with E-state index in [0.29, 0.717) is 5.75 Å². The first-order valence-corrected chi connectivity index (χ1v) is 8.52. The predicted molar refractivity (Wildman–Crippen MR) is 102 cm³/mol. The topological polar surface area (TPSA) is 55.8 Å². The number of aryl methyl sites for hydroxylation is 3. The lowest BCUT2D eigenvalue weighted by Gasteiger charge is -2.21. The van der Waals surface area contributed by atoms with E-state index in [1.54, 1.807) is 14.0 Å². The average Bonchev–Trinajstić information content (AvgIpc) is 2.60. The number of anilines is 1. The van der Waals surface area contributed by atoms with Gasteiger partial charge in [0, 0.05) is 12.7 Å². The van der Waals surface area contributed by atoms with Crippen molar-refractivity contribution in [2.45, 2.75) is 33.8 Å². The number of carbonyl (C=O) groups is 2. The molecule has 0 fully saturated rings. The van der Waals surface area contributed by atoms with E-state index < -0.39 is 12.1 Å². The van der Waals surface area contributed by atoms with E-state index in [1.165, 1.54) is 4.90 Å². The lowest BCUT2D eigenvalue weighted by atomic mass is 10.1. The van der Waals surface area contributed by atoms with Gasteiger partial charge in [0.15, 0.2) is 12.7 Å². The second kappa shape index (κ2) is 8.52. The molecule has 0 radical (unpaired) electrons. The molecular weight excluding hydrogens is 330 g/mol. The van der Waals surface area contributed by atoms with Gasteiger partial charge in [0.1, 0.15) is 5.75 Å². The lowest BCUT2D eigenvalue weighted by Crippen LogP contribution is -2.38. The normalized spacial score (nSPS) is 11.6. The number of nitrogens with zero attached hydrogens (tertiary/aromatic N) is 1. The van der Waals surface area contributed by atoms with Gasteiger partial charge in [0.2, 0.25) is 0 Å². The minimum absolute atomic E-state index is 0.239. The van der Waals surface area contributed by atoms with Crippen molar-refractivity contribution in [3.05, 3.63) is 59.2 Å². The third-order valence-electron chi connectivity index (χ3n) is 4.07. The average molecular weight is 355 g/mol. The molecule has 5 nitrogen and oxygen atoms in total. The summed E-state index contributed by atoms with van der Waals surface area (Å²) in [7, 11) is 1.65. The molecule has 2 aromatic rings. The Hall–Kier alpha value is -2.82. The van der Waals surface area contributed by atoms with Gasteiger partial charge in [-0.3, -0.25) is 4.79 Å². The summed E-state index contributed by atoms with van der Waals surface area (Å²) in [6.45, 7) is 7.19. The van der Waals surface area contributed by atoms with Gasteiger partial charge in [-0.2, -0.15) is 0 Å². The molecule has 2 rings (SSSR count). The van der Waals surface area contributed by atoms with Crippen molar-refractivity contribution in [1.29, 1.82) is 0 Å². The van der Waals surface area contributed by atoms with E-state index in [2.05, 4.69) is 0 Å². The molecule has 1 amide bonds. The molecule has 0 N–H and O–H groups in total. The van der Waals surface area contributed by atoms with Crippen LogP contribution in [0.2, 0.25) is 0 Å². The summed E-state index contributed by atoms with van der Waals surface area (Å²) < 4.78 is 10.8. The monoisotopic (exact) mass is 355 g/mol. The number of benzene rings is 2. The van der Waals surface area contributed by atoms with E-state index in [9.17, 15) is 9.59 Å². The number of hydrogen-bond donors (Lipinski definition) is 0. The predicted octanol–water partition coefficient (Wildman–Crippen LogP) is 3.59. The molecule has 0 aromatic heterocycles. The first kappa shape index (κ1) is 19.5. The highest BCUT2D eigenvalue weighted by Gasteiger charge is 2.22. The van der Waals surface area contributed by atoms with Gasteiger partial charge < -0.3 is 14.4 Å². The van der Waals surface area contributed by atoms with Gasteiger partial charge in [0.25, 0.3) is 5.91 Å². The van der Waals surface area contributed by atoms with Crippen molar-refractivity contribution in [3.63, 3.8) is 0 Å². The van der Waals surface area contributed by atoms with Crippen molar-refractivity contribution in [2.75, 3.05) is 18.6 Å².